The van der Waals surface area contributed by atoms with E-state index >= 15 is 0 Å². The molecule has 1 aliphatic carbocycles. The molecular formula is C15H26N2O4. The van der Waals surface area contributed by atoms with Gasteiger partial charge in [0.05, 0.1) is 13.2 Å². The predicted octanol–water partition coefficient (Wildman–Crippen LogP) is 0.953. The first-order valence-corrected chi connectivity index (χ1v) is 7.98. The van der Waals surface area contributed by atoms with Crippen LogP contribution in [0.5, 0.6) is 0 Å². The maximum atomic E-state index is 12.5. The standard InChI is InChI=1S/C15H26N2O4/c1-2-17(12-6-4-3-5-7-12)14(18)11-16-8-9-21-13(10-16)15(19)20/h12-13H,2-11H2,1H3,(H,19,20). The number of carbonyl (C=O) groups is 2. The second kappa shape index (κ2) is 7.75. The number of ether oxygens (including phenoxy) is 1. The van der Waals surface area contributed by atoms with Gasteiger partial charge in [0.25, 0.3) is 0 Å². The fourth-order valence-electron chi connectivity index (χ4n) is 3.31. The molecule has 0 aromatic heterocycles. The van der Waals surface area contributed by atoms with E-state index in [0.29, 0.717) is 32.3 Å². The number of hydrogen-bond donors (Lipinski definition) is 1. The third-order valence-electron chi connectivity index (χ3n) is 4.46. The highest BCUT2D eigenvalue weighted by Gasteiger charge is 2.30. The SMILES string of the molecule is CCN(C(=O)CN1CCOC(C(=O)O)C1)C1CCCCC1. The zero-order valence-electron chi connectivity index (χ0n) is 12.8. The molecule has 1 saturated carbocycles. The van der Waals surface area contributed by atoms with E-state index in [-0.39, 0.29) is 5.91 Å². The molecule has 21 heavy (non-hydrogen) atoms. The fraction of sp³-hybridized carbons (Fsp3) is 0.867. The highest BCUT2D eigenvalue weighted by atomic mass is 16.5. The number of aliphatic carboxylic acids is 1. The van der Waals surface area contributed by atoms with Gasteiger partial charge >= 0.3 is 5.97 Å². The highest BCUT2D eigenvalue weighted by Crippen LogP contribution is 2.22. The quantitative estimate of drug-likeness (QED) is 0.818. The summed E-state index contributed by atoms with van der Waals surface area (Å²) >= 11 is 0. The van der Waals surface area contributed by atoms with Crippen molar-refractivity contribution in [3.63, 3.8) is 0 Å². The molecule has 1 aliphatic heterocycles. The van der Waals surface area contributed by atoms with E-state index in [1.807, 2.05) is 16.7 Å². The van der Waals surface area contributed by atoms with Crippen molar-refractivity contribution in [2.24, 2.45) is 0 Å². The molecule has 2 fully saturated rings. The largest absolute Gasteiger partial charge is 0.479 e. The van der Waals surface area contributed by atoms with Gasteiger partial charge in [-0.05, 0) is 19.8 Å². The van der Waals surface area contributed by atoms with E-state index in [0.717, 1.165) is 19.4 Å². The Morgan fingerprint density at radius 3 is 2.62 bits per heavy atom. The number of carbonyl (C=O) groups excluding carboxylic acids is 1. The van der Waals surface area contributed by atoms with Crippen LogP contribution in [0.3, 0.4) is 0 Å². The summed E-state index contributed by atoms with van der Waals surface area (Å²) in [4.78, 5) is 27.4. The van der Waals surface area contributed by atoms with E-state index in [2.05, 4.69) is 0 Å². The zero-order valence-corrected chi connectivity index (χ0v) is 12.8. The molecule has 2 aliphatic rings. The maximum absolute atomic E-state index is 12.5. The van der Waals surface area contributed by atoms with Gasteiger partial charge in [-0.2, -0.15) is 0 Å². The Morgan fingerprint density at radius 1 is 1.29 bits per heavy atom. The Morgan fingerprint density at radius 2 is 2.00 bits per heavy atom. The molecule has 0 aromatic carbocycles. The van der Waals surface area contributed by atoms with E-state index in [1.54, 1.807) is 0 Å². The molecule has 1 N–H and O–H groups in total. The molecule has 0 bridgehead atoms. The monoisotopic (exact) mass is 298 g/mol. The third kappa shape index (κ3) is 4.41. The van der Waals surface area contributed by atoms with Crippen LogP contribution in [0.15, 0.2) is 0 Å². The van der Waals surface area contributed by atoms with Crippen LogP contribution < -0.4 is 0 Å². The summed E-state index contributed by atoms with van der Waals surface area (Å²) in [5, 5.41) is 9.00. The number of morpholine rings is 1. The minimum Gasteiger partial charge on any atom is -0.479 e. The van der Waals surface area contributed by atoms with Crippen molar-refractivity contribution in [2.45, 2.75) is 51.2 Å². The summed E-state index contributed by atoms with van der Waals surface area (Å²) in [5.74, 6) is -0.831. The molecule has 0 spiro atoms. The molecule has 1 atom stereocenters. The van der Waals surface area contributed by atoms with Crippen molar-refractivity contribution >= 4 is 11.9 Å². The summed E-state index contributed by atoms with van der Waals surface area (Å²) in [5.41, 5.74) is 0. The second-order valence-electron chi connectivity index (χ2n) is 5.90. The van der Waals surface area contributed by atoms with Gasteiger partial charge in [-0.25, -0.2) is 4.79 Å². The Balaban J connectivity index is 1.87. The van der Waals surface area contributed by atoms with Crippen LogP contribution in [-0.4, -0.2) is 71.7 Å². The second-order valence-corrected chi connectivity index (χ2v) is 5.90. The lowest BCUT2D eigenvalue weighted by atomic mass is 9.94. The van der Waals surface area contributed by atoms with Gasteiger partial charge in [0.15, 0.2) is 6.10 Å². The summed E-state index contributed by atoms with van der Waals surface area (Å²) in [7, 11) is 0. The Labute approximate surface area is 126 Å². The Kier molecular flexibility index (Phi) is 5.99. The maximum Gasteiger partial charge on any atom is 0.334 e. The highest BCUT2D eigenvalue weighted by molar-refractivity contribution is 5.79. The van der Waals surface area contributed by atoms with Crippen LogP contribution in [0.4, 0.5) is 0 Å². The molecule has 2 rings (SSSR count). The lowest BCUT2D eigenvalue weighted by molar-refractivity contribution is -0.157. The van der Waals surface area contributed by atoms with Gasteiger partial charge in [-0.15, -0.1) is 0 Å². The smallest absolute Gasteiger partial charge is 0.334 e. The third-order valence-corrected chi connectivity index (χ3v) is 4.46. The zero-order chi connectivity index (χ0) is 15.2. The van der Waals surface area contributed by atoms with Gasteiger partial charge in [0, 0.05) is 25.7 Å². The van der Waals surface area contributed by atoms with Crippen LogP contribution >= 0.6 is 0 Å². The Bertz CT molecular complexity index is 369. The van der Waals surface area contributed by atoms with Crippen molar-refractivity contribution in [2.75, 3.05) is 32.8 Å². The van der Waals surface area contributed by atoms with Gasteiger partial charge in [-0.1, -0.05) is 19.3 Å². The van der Waals surface area contributed by atoms with E-state index in [9.17, 15) is 9.59 Å². The molecule has 1 unspecified atom stereocenters. The molecule has 1 saturated heterocycles. The van der Waals surface area contributed by atoms with Gasteiger partial charge in [0.2, 0.25) is 5.91 Å². The summed E-state index contributed by atoms with van der Waals surface area (Å²) in [6.45, 7) is 4.35. The van der Waals surface area contributed by atoms with E-state index in [1.165, 1.54) is 19.3 Å². The predicted molar refractivity (Wildman–Crippen MR) is 78.1 cm³/mol. The van der Waals surface area contributed by atoms with Crippen LogP contribution in [0.1, 0.15) is 39.0 Å². The molecule has 6 nitrogen and oxygen atoms in total. The molecular weight excluding hydrogens is 272 g/mol. The van der Waals surface area contributed by atoms with Crippen molar-refractivity contribution < 1.29 is 19.4 Å². The lowest BCUT2D eigenvalue weighted by Crippen LogP contribution is -2.51. The minimum absolute atomic E-state index is 0.121. The average Bonchev–Trinajstić information content (AvgIpc) is 2.49. The molecule has 1 heterocycles. The summed E-state index contributed by atoms with van der Waals surface area (Å²) in [6.07, 6.45) is 5.06. The van der Waals surface area contributed by atoms with Gasteiger partial charge in [0.1, 0.15) is 0 Å². The molecule has 0 aromatic rings. The summed E-state index contributed by atoms with van der Waals surface area (Å²) in [6, 6.07) is 0.368. The molecule has 1 amide bonds. The first-order valence-electron chi connectivity index (χ1n) is 7.98. The lowest BCUT2D eigenvalue weighted by Gasteiger charge is -2.36. The van der Waals surface area contributed by atoms with Crippen molar-refractivity contribution in [1.82, 2.24) is 9.80 Å². The van der Waals surface area contributed by atoms with Crippen LogP contribution in [-0.2, 0) is 14.3 Å². The number of amides is 1. The van der Waals surface area contributed by atoms with Crippen molar-refractivity contribution in [3.8, 4) is 0 Å². The van der Waals surface area contributed by atoms with E-state index in [4.69, 9.17) is 9.84 Å². The number of likely N-dealkylation sites (N-methyl/N-ethyl adjacent to an activating group) is 1. The van der Waals surface area contributed by atoms with Crippen LogP contribution in [0, 0.1) is 0 Å². The molecule has 120 valence electrons. The summed E-state index contributed by atoms with van der Waals surface area (Å²) < 4.78 is 5.19. The fourth-order valence-corrected chi connectivity index (χ4v) is 3.31. The van der Waals surface area contributed by atoms with E-state index < -0.39 is 12.1 Å². The van der Waals surface area contributed by atoms with Gasteiger partial charge in [-0.3, -0.25) is 9.69 Å². The van der Waals surface area contributed by atoms with Crippen LogP contribution in [0.25, 0.3) is 0 Å². The van der Waals surface area contributed by atoms with Crippen LogP contribution in [0.2, 0.25) is 0 Å². The normalized spacial score (nSPS) is 24.7. The Hall–Kier alpha value is -1.14. The average molecular weight is 298 g/mol. The van der Waals surface area contributed by atoms with Gasteiger partial charge < -0.3 is 14.7 Å². The number of rotatable bonds is 5. The molecule has 0 radical (unpaired) electrons. The number of carboxylic acids is 1. The number of hydrogen-bond acceptors (Lipinski definition) is 4. The first kappa shape index (κ1) is 16.2. The van der Waals surface area contributed by atoms with Crippen molar-refractivity contribution in [3.05, 3.63) is 0 Å². The minimum atomic E-state index is -0.952. The number of carboxylic acid groups (broad SMARTS) is 1. The first-order chi connectivity index (χ1) is 10.1. The number of nitrogens with zero attached hydrogens (tertiary/aromatic N) is 2. The van der Waals surface area contributed by atoms with Crippen molar-refractivity contribution in [1.29, 1.82) is 0 Å². The molecule has 6 heteroatoms. The topological polar surface area (TPSA) is 70.1 Å².